The predicted octanol–water partition coefficient (Wildman–Crippen LogP) is 2.51. The first kappa shape index (κ1) is 10.4. The molecule has 1 N–H and O–H groups in total. The Balaban J connectivity index is 1.83. The zero-order valence-corrected chi connectivity index (χ0v) is 10.0. The van der Waals surface area contributed by atoms with E-state index in [1.165, 1.54) is 38.5 Å². The van der Waals surface area contributed by atoms with Crippen LogP contribution in [0.2, 0.25) is 0 Å². The van der Waals surface area contributed by atoms with Gasteiger partial charge in [-0.3, -0.25) is 4.79 Å². The van der Waals surface area contributed by atoms with Crippen molar-refractivity contribution in [2.75, 3.05) is 7.05 Å². The highest BCUT2D eigenvalue weighted by Crippen LogP contribution is 2.60. The van der Waals surface area contributed by atoms with E-state index in [0.29, 0.717) is 5.78 Å². The van der Waals surface area contributed by atoms with Gasteiger partial charge in [0.2, 0.25) is 0 Å². The maximum absolute atomic E-state index is 12.3. The molecule has 4 saturated carbocycles. The third kappa shape index (κ3) is 1.50. The zero-order chi connectivity index (χ0) is 11.2. The second-order valence-electron chi connectivity index (χ2n) is 6.18. The summed E-state index contributed by atoms with van der Waals surface area (Å²) in [5.41, 5.74) is 0.0437. The number of carbonyl (C=O) groups excluding carboxylic acids is 1. The zero-order valence-electron chi connectivity index (χ0n) is 10.0. The summed E-state index contributed by atoms with van der Waals surface area (Å²) in [5.74, 6) is 2.97. The lowest BCUT2D eigenvalue weighted by molar-refractivity contribution is -0.138. The molecular formula is C14H21NO. The molecule has 0 radical (unpaired) electrons. The van der Waals surface area contributed by atoms with Crippen molar-refractivity contribution in [3.63, 3.8) is 0 Å². The van der Waals surface area contributed by atoms with Crippen molar-refractivity contribution in [3.8, 4) is 0 Å². The Labute approximate surface area is 97.5 Å². The molecule has 0 aliphatic heterocycles. The highest BCUT2D eigenvalue weighted by molar-refractivity contribution is 5.95. The number of nitrogens with one attached hydrogen (secondary N) is 1. The van der Waals surface area contributed by atoms with Crippen molar-refractivity contribution >= 4 is 5.78 Å². The molecule has 0 saturated heterocycles. The summed E-state index contributed by atoms with van der Waals surface area (Å²) in [6.45, 7) is 0. The molecule has 2 nitrogen and oxygen atoms in total. The first-order valence-corrected chi connectivity index (χ1v) is 6.60. The van der Waals surface area contributed by atoms with Gasteiger partial charge < -0.3 is 5.32 Å². The number of hydrogen-bond donors (Lipinski definition) is 1. The average molecular weight is 219 g/mol. The molecule has 0 heterocycles. The quantitative estimate of drug-likeness (QED) is 0.739. The number of hydrogen-bond acceptors (Lipinski definition) is 2. The lowest BCUT2D eigenvalue weighted by atomic mass is 9.48. The van der Waals surface area contributed by atoms with Crippen LogP contribution in [0, 0.1) is 23.2 Å². The van der Waals surface area contributed by atoms with E-state index in [1.54, 1.807) is 12.3 Å². The Bertz CT molecular complexity index is 296. The maximum atomic E-state index is 12.3. The van der Waals surface area contributed by atoms with Gasteiger partial charge in [-0.1, -0.05) is 0 Å². The van der Waals surface area contributed by atoms with E-state index < -0.39 is 0 Å². The summed E-state index contributed by atoms with van der Waals surface area (Å²) in [7, 11) is 1.85. The van der Waals surface area contributed by atoms with E-state index in [-0.39, 0.29) is 5.41 Å². The van der Waals surface area contributed by atoms with E-state index in [1.807, 2.05) is 7.05 Å². The molecule has 0 atom stereocenters. The Kier molecular flexibility index (Phi) is 2.34. The van der Waals surface area contributed by atoms with Gasteiger partial charge in [0.1, 0.15) is 0 Å². The molecule has 4 bridgehead atoms. The van der Waals surface area contributed by atoms with Crippen LogP contribution in [0.5, 0.6) is 0 Å². The van der Waals surface area contributed by atoms with Crippen molar-refractivity contribution in [2.45, 2.75) is 38.5 Å². The average Bonchev–Trinajstić information content (AvgIpc) is 2.24. The molecule has 2 heteroatoms. The smallest absolute Gasteiger partial charge is 0.163 e. The fourth-order valence-corrected chi connectivity index (χ4v) is 4.75. The fourth-order valence-electron chi connectivity index (χ4n) is 4.75. The van der Waals surface area contributed by atoms with Gasteiger partial charge in [-0.15, -0.1) is 0 Å². The molecule has 0 spiro atoms. The molecule has 4 fully saturated rings. The number of rotatable bonds is 3. The number of carbonyl (C=O) groups is 1. The lowest BCUT2D eigenvalue weighted by Crippen LogP contribution is -2.49. The minimum atomic E-state index is 0.0437. The Morgan fingerprint density at radius 2 is 1.62 bits per heavy atom. The molecule has 4 aliphatic rings. The number of ketones is 1. The molecule has 0 unspecified atom stereocenters. The number of allylic oxidation sites excluding steroid dienone is 1. The second kappa shape index (κ2) is 3.61. The second-order valence-corrected chi connectivity index (χ2v) is 6.18. The van der Waals surface area contributed by atoms with Crippen LogP contribution >= 0.6 is 0 Å². The Morgan fingerprint density at radius 3 is 2.06 bits per heavy atom. The summed E-state index contributed by atoms with van der Waals surface area (Å²) < 4.78 is 0. The SMILES string of the molecule is CNC=CC(=O)C12CC3CC(CC(C3)C1)C2. The van der Waals surface area contributed by atoms with Crippen LogP contribution in [0.25, 0.3) is 0 Å². The standard InChI is InChI=1S/C14H21NO/c1-15-3-2-13(16)14-7-10-4-11(8-14)6-12(5-10)9-14/h2-3,10-12,15H,4-9H2,1H3. The monoisotopic (exact) mass is 219 g/mol. The van der Waals surface area contributed by atoms with Gasteiger partial charge in [-0.25, -0.2) is 0 Å². The molecule has 0 aromatic carbocycles. The first-order valence-electron chi connectivity index (χ1n) is 6.60. The van der Waals surface area contributed by atoms with Crippen molar-refractivity contribution in [1.82, 2.24) is 5.32 Å². The van der Waals surface area contributed by atoms with E-state index in [0.717, 1.165) is 17.8 Å². The van der Waals surface area contributed by atoms with Crippen molar-refractivity contribution < 1.29 is 4.79 Å². The minimum absolute atomic E-state index is 0.0437. The third-order valence-corrected chi connectivity index (χ3v) is 4.96. The molecule has 4 aliphatic carbocycles. The van der Waals surface area contributed by atoms with Crippen LogP contribution in [-0.2, 0) is 4.79 Å². The van der Waals surface area contributed by atoms with Gasteiger partial charge in [0.15, 0.2) is 5.78 Å². The predicted molar refractivity (Wildman–Crippen MR) is 63.8 cm³/mol. The summed E-state index contributed by atoms with van der Waals surface area (Å²) in [5, 5.41) is 2.93. The van der Waals surface area contributed by atoms with E-state index in [2.05, 4.69) is 5.32 Å². The summed E-state index contributed by atoms with van der Waals surface area (Å²) in [6.07, 6.45) is 11.3. The normalized spacial score (nSPS) is 45.2. The van der Waals surface area contributed by atoms with Crippen molar-refractivity contribution in [3.05, 3.63) is 12.3 Å². The van der Waals surface area contributed by atoms with Crippen molar-refractivity contribution in [1.29, 1.82) is 0 Å². The van der Waals surface area contributed by atoms with Crippen LogP contribution in [0.4, 0.5) is 0 Å². The molecule has 88 valence electrons. The van der Waals surface area contributed by atoms with Crippen LogP contribution in [-0.4, -0.2) is 12.8 Å². The molecule has 0 aromatic heterocycles. The summed E-state index contributed by atoms with van der Waals surface area (Å²) >= 11 is 0. The van der Waals surface area contributed by atoms with Gasteiger partial charge in [0, 0.05) is 12.5 Å². The Hall–Kier alpha value is -0.790. The minimum Gasteiger partial charge on any atom is -0.394 e. The largest absolute Gasteiger partial charge is 0.394 e. The molecular weight excluding hydrogens is 198 g/mol. The van der Waals surface area contributed by atoms with Crippen LogP contribution < -0.4 is 5.32 Å². The molecule has 0 aromatic rings. The molecule has 0 amide bonds. The highest BCUT2D eigenvalue weighted by Gasteiger charge is 2.53. The summed E-state index contributed by atoms with van der Waals surface area (Å²) in [4.78, 5) is 12.3. The van der Waals surface area contributed by atoms with E-state index in [9.17, 15) is 4.79 Å². The van der Waals surface area contributed by atoms with Gasteiger partial charge in [0.25, 0.3) is 0 Å². The van der Waals surface area contributed by atoms with Gasteiger partial charge in [-0.05, 0) is 68.6 Å². The van der Waals surface area contributed by atoms with Gasteiger partial charge >= 0.3 is 0 Å². The van der Waals surface area contributed by atoms with Gasteiger partial charge in [0.05, 0.1) is 0 Å². The van der Waals surface area contributed by atoms with Crippen LogP contribution in [0.15, 0.2) is 12.3 Å². The van der Waals surface area contributed by atoms with Crippen LogP contribution in [0.1, 0.15) is 38.5 Å². The van der Waals surface area contributed by atoms with E-state index in [4.69, 9.17) is 0 Å². The highest BCUT2D eigenvalue weighted by atomic mass is 16.1. The van der Waals surface area contributed by atoms with E-state index >= 15 is 0 Å². The first-order chi connectivity index (χ1) is 7.72. The fraction of sp³-hybridized carbons (Fsp3) is 0.786. The lowest BCUT2D eigenvalue weighted by Gasteiger charge is -2.55. The van der Waals surface area contributed by atoms with Crippen LogP contribution in [0.3, 0.4) is 0 Å². The van der Waals surface area contributed by atoms with Gasteiger partial charge in [-0.2, -0.15) is 0 Å². The molecule has 4 rings (SSSR count). The summed E-state index contributed by atoms with van der Waals surface area (Å²) in [6, 6.07) is 0. The third-order valence-electron chi connectivity index (χ3n) is 4.96. The topological polar surface area (TPSA) is 29.1 Å². The van der Waals surface area contributed by atoms with Crippen molar-refractivity contribution in [2.24, 2.45) is 23.2 Å². The molecule has 16 heavy (non-hydrogen) atoms. The maximum Gasteiger partial charge on any atom is 0.163 e. The Morgan fingerprint density at radius 1 is 1.12 bits per heavy atom.